The van der Waals surface area contributed by atoms with Gasteiger partial charge in [-0.3, -0.25) is 14.4 Å². The summed E-state index contributed by atoms with van der Waals surface area (Å²) >= 11 is 0. The van der Waals surface area contributed by atoms with Crippen molar-refractivity contribution in [2.24, 2.45) is 17.8 Å². The van der Waals surface area contributed by atoms with Crippen LogP contribution in [0.1, 0.15) is 273 Å². The van der Waals surface area contributed by atoms with Gasteiger partial charge in [0.25, 0.3) is 0 Å². The third-order valence-electron chi connectivity index (χ3n) is 11.4. The first-order valence-corrected chi connectivity index (χ1v) is 25.1. The van der Waals surface area contributed by atoms with Crippen molar-refractivity contribution in [3.05, 3.63) is 0 Å². The van der Waals surface area contributed by atoms with Crippen molar-refractivity contribution < 1.29 is 28.6 Å². The third kappa shape index (κ3) is 45.3. The van der Waals surface area contributed by atoms with Crippen LogP contribution in [0.2, 0.25) is 0 Å². The van der Waals surface area contributed by atoms with Crippen molar-refractivity contribution >= 4 is 17.9 Å². The number of carbonyl (C=O) groups excluding carboxylic acids is 3. The molecule has 0 fully saturated rings. The Morgan fingerprint density at radius 1 is 0.298 bits per heavy atom. The van der Waals surface area contributed by atoms with E-state index < -0.39 is 6.10 Å². The maximum atomic E-state index is 12.8. The van der Waals surface area contributed by atoms with Crippen LogP contribution in [0.4, 0.5) is 0 Å². The molecule has 6 nitrogen and oxygen atoms in total. The second-order valence-corrected chi connectivity index (χ2v) is 18.9. The average molecular weight is 807 g/mol. The van der Waals surface area contributed by atoms with Crippen molar-refractivity contribution in [1.29, 1.82) is 0 Å². The highest BCUT2D eigenvalue weighted by Crippen LogP contribution is 2.17. The second-order valence-electron chi connectivity index (χ2n) is 18.9. The number of unbranched alkanes of at least 4 members (excludes halogenated alkanes) is 27. The smallest absolute Gasteiger partial charge is 0.306 e. The fourth-order valence-corrected chi connectivity index (χ4v) is 7.59. The van der Waals surface area contributed by atoms with Crippen LogP contribution < -0.4 is 0 Å². The van der Waals surface area contributed by atoms with E-state index in [9.17, 15) is 14.4 Å². The van der Waals surface area contributed by atoms with Gasteiger partial charge in [0, 0.05) is 19.3 Å². The lowest BCUT2D eigenvalue weighted by atomic mass is 10.0. The van der Waals surface area contributed by atoms with Crippen LogP contribution in [0.5, 0.6) is 0 Å². The summed E-state index contributed by atoms with van der Waals surface area (Å²) < 4.78 is 16.8. The molecule has 0 spiro atoms. The quantitative estimate of drug-likeness (QED) is 0.0347. The summed E-state index contributed by atoms with van der Waals surface area (Å²) in [6.45, 7) is 13.7. The average Bonchev–Trinajstić information content (AvgIpc) is 3.16. The summed E-state index contributed by atoms with van der Waals surface area (Å²) in [5, 5.41) is 0. The molecule has 0 aliphatic heterocycles. The van der Waals surface area contributed by atoms with Crippen molar-refractivity contribution in [2.75, 3.05) is 13.2 Å². The summed E-state index contributed by atoms with van der Waals surface area (Å²) in [6, 6.07) is 0. The zero-order chi connectivity index (χ0) is 42.0. The fourth-order valence-electron chi connectivity index (χ4n) is 7.59. The van der Waals surface area contributed by atoms with E-state index in [0.717, 1.165) is 75.5 Å². The molecule has 0 aliphatic rings. The summed E-state index contributed by atoms with van der Waals surface area (Å²) in [5.74, 6) is 1.60. The molecule has 0 saturated carbocycles. The largest absolute Gasteiger partial charge is 0.462 e. The highest BCUT2D eigenvalue weighted by atomic mass is 16.6. The fraction of sp³-hybridized carbons (Fsp3) is 0.941. The van der Waals surface area contributed by atoms with Crippen LogP contribution in [-0.4, -0.2) is 37.2 Å². The number of hydrogen-bond donors (Lipinski definition) is 0. The molecule has 0 unspecified atom stereocenters. The minimum Gasteiger partial charge on any atom is -0.462 e. The summed E-state index contributed by atoms with van der Waals surface area (Å²) in [5.41, 5.74) is 0. The molecule has 0 aliphatic carbocycles. The molecule has 1 atom stereocenters. The van der Waals surface area contributed by atoms with Crippen LogP contribution in [0.15, 0.2) is 0 Å². The Morgan fingerprint density at radius 3 is 0.754 bits per heavy atom. The van der Waals surface area contributed by atoms with Gasteiger partial charge in [0.2, 0.25) is 0 Å². The lowest BCUT2D eigenvalue weighted by Crippen LogP contribution is -2.30. The highest BCUT2D eigenvalue weighted by molar-refractivity contribution is 5.71. The van der Waals surface area contributed by atoms with E-state index in [1.54, 1.807) is 0 Å². The molecule has 338 valence electrons. The highest BCUT2D eigenvalue weighted by Gasteiger charge is 2.19. The van der Waals surface area contributed by atoms with Crippen LogP contribution in [0, 0.1) is 17.8 Å². The lowest BCUT2D eigenvalue weighted by molar-refractivity contribution is -0.167. The summed E-state index contributed by atoms with van der Waals surface area (Å²) in [4.78, 5) is 37.9. The molecule has 0 N–H and O–H groups in total. The van der Waals surface area contributed by atoms with Gasteiger partial charge in [-0.15, -0.1) is 0 Å². The van der Waals surface area contributed by atoms with Gasteiger partial charge < -0.3 is 14.2 Å². The Balaban J connectivity index is 4.34. The maximum absolute atomic E-state index is 12.8. The van der Waals surface area contributed by atoms with Gasteiger partial charge in [0.15, 0.2) is 6.10 Å². The molecule has 0 heterocycles. The molecule has 0 radical (unpaired) electrons. The van der Waals surface area contributed by atoms with E-state index in [-0.39, 0.29) is 31.1 Å². The molecule has 57 heavy (non-hydrogen) atoms. The van der Waals surface area contributed by atoms with Gasteiger partial charge in [-0.1, -0.05) is 234 Å². The minimum atomic E-state index is -0.762. The third-order valence-corrected chi connectivity index (χ3v) is 11.4. The van der Waals surface area contributed by atoms with Crippen LogP contribution in [0.25, 0.3) is 0 Å². The summed E-state index contributed by atoms with van der Waals surface area (Å²) in [6.07, 6.45) is 40.9. The van der Waals surface area contributed by atoms with E-state index in [2.05, 4.69) is 41.5 Å². The molecule has 0 rings (SSSR count). The Bertz CT molecular complexity index is 883. The van der Waals surface area contributed by atoms with Gasteiger partial charge in [0.1, 0.15) is 13.2 Å². The number of rotatable bonds is 44. The Kier molecular flexibility index (Phi) is 41.3. The molecule has 0 aromatic carbocycles. The van der Waals surface area contributed by atoms with Crippen molar-refractivity contribution in [3.63, 3.8) is 0 Å². The van der Waals surface area contributed by atoms with Gasteiger partial charge in [0.05, 0.1) is 0 Å². The molecular weight excluding hydrogens is 709 g/mol. The number of esters is 3. The lowest BCUT2D eigenvalue weighted by Gasteiger charge is -2.18. The van der Waals surface area contributed by atoms with Crippen LogP contribution in [0.3, 0.4) is 0 Å². The topological polar surface area (TPSA) is 78.9 Å². The molecular formula is C51H98O6. The SMILES string of the molecule is CC(C)CCCCCCCCCCCCCC(=O)O[C@@H](COC(=O)CCCCCCCCCCCCC(C)C)COC(=O)CCCCCCCCCCCC(C)C. The monoisotopic (exact) mass is 807 g/mol. The first kappa shape index (κ1) is 55.4. The number of hydrogen-bond acceptors (Lipinski definition) is 6. The molecule has 6 heteroatoms. The first-order valence-electron chi connectivity index (χ1n) is 25.1. The Labute approximate surface area is 355 Å². The Morgan fingerprint density at radius 2 is 0.509 bits per heavy atom. The van der Waals surface area contributed by atoms with Crippen LogP contribution in [-0.2, 0) is 28.6 Å². The standard InChI is InChI=1S/C51H98O6/c1-45(2)37-31-25-19-13-8-7-9-17-24-30-36-42-51(54)57-48(44-56-50(53)41-35-29-23-18-12-15-21-27-33-39-47(5)6)43-55-49(52)40-34-28-22-16-11-10-14-20-26-32-38-46(3)4/h45-48H,7-44H2,1-6H3/t48-/m0/s1. The molecule has 0 aromatic rings. The van der Waals surface area contributed by atoms with E-state index in [0.29, 0.717) is 19.3 Å². The van der Waals surface area contributed by atoms with Crippen molar-refractivity contribution in [1.82, 2.24) is 0 Å². The predicted octanol–water partition coefficient (Wildman–Crippen LogP) is 16.0. The molecule has 0 bridgehead atoms. The normalized spacial score (nSPS) is 12.2. The first-order chi connectivity index (χ1) is 27.6. The van der Waals surface area contributed by atoms with Gasteiger partial charge >= 0.3 is 17.9 Å². The van der Waals surface area contributed by atoms with E-state index in [1.807, 2.05) is 0 Å². The second kappa shape index (κ2) is 42.5. The zero-order valence-electron chi connectivity index (χ0n) is 39.1. The zero-order valence-corrected chi connectivity index (χ0v) is 39.1. The van der Waals surface area contributed by atoms with Crippen molar-refractivity contribution in [3.8, 4) is 0 Å². The van der Waals surface area contributed by atoms with Crippen LogP contribution >= 0.6 is 0 Å². The maximum Gasteiger partial charge on any atom is 0.306 e. The molecule has 0 amide bonds. The van der Waals surface area contributed by atoms with E-state index in [4.69, 9.17) is 14.2 Å². The van der Waals surface area contributed by atoms with E-state index >= 15 is 0 Å². The Hall–Kier alpha value is -1.59. The number of ether oxygens (including phenoxy) is 3. The number of carbonyl (C=O) groups is 3. The van der Waals surface area contributed by atoms with Gasteiger partial charge in [-0.2, -0.15) is 0 Å². The van der Waals surface area contributed by atoms with Gasteiger partial charge in [-0.05, 0) is 37.0 Å². The van der Waals surface area contributed by atoms with E-state index in [1.165, 1.54) is 154 Å². The summed E-state index contributed by atoms with van der Waals surface area (Å²) in [7, 11) is 0. The minimum absolute atomic E-state index is 0.0653. The van der Waals surface area contributed by atoms with Gasteiger partial charge in [-0.25, -0.2) is 0 Å². The molecule has 0 saturated heterocycles. The molecule has 0 aromatic heterocycles. The predicted molar refractivity (Wildman–Crippen MR) is 243 cm³/mol. The van der Waals surface area contributed by atoms with Crippen molar-refractivity contribution in [2.45, 2.75) is 279 Å².